The summed E-state index contributed by atoms with van der Waals surface area (Å²) in [5.74, 6) is 0.468. The highest BCUT2D eigenvalue weighted by molar-refractivity contribution is 7.80. The largest absolute Gasteiger partial charge is 0.465 e. The highest BCUT2D eigenvalue weighted by Gasteiger charge is 2.05. The number of ether oxygens (including phenoxy) is 2. The second kappa shape index (κ2) is 4.75. The number of nitrogens with zero attached hydrogens (tertiary/aromatic N) is 1. The minimum atomic E-state index is 0.117. The molecular formula is C9H9NO2S. The van der Waals surface area contributed by atoms with Crippen molar-refractivity contribution in [3.63, 3.8) is 0 Å². The van der Waals surface area contributed by atoms with Gasteiger partial charge in [-0.05, 0) is 12.1 Å². The summed E-state index contributed by atoms with van der Waals surface area (Å²) in [5.41, 5.74) is 0.463. The van der Waals surface area contributed by atoms with E-state index in [2.05, 4.69) is 12.6 Å². The van der Waals surface area contributed by atoms with Gasteiger partial charge in [-0.15, -0.1) is 12.6 Å². The average molecular weight is 195 g/mol. The van der Waals surface area contributed by atoms with Gasteiger partial charge in [-0.2, -0.15) is 5.26 Å². The lowest BCUT2D eigenvalue weighted by atomic mass is 10.2. The lowest BCUT2D eigenvalue weighted by Crippen LogP contribution is -2.01. The van der Waals surface area contributed by atoms with Crippen molar-refractivity contribution in [1.29, 1.82) is 5.26 Å². The van der Waals surface area contributed by atoms with E-state index in [1.54, 1.807) is 18.2 Å². The Kier molecular flexibility index (Phi) is 3.62. The molecule has 0 aliphatic heterocycles. The van der Waals surface area contributed by atoms with Crippen LogP contribution in [0, 0.1) is 11.3 Å². The Hall–Kier alpha value is -1.18. The van der Waals surface area contributed by atoms with Gasteiger partial charge in [0.15, 0.2) is 12.5 Å². The molecule has 0 aliphatic rings. The quantitative estimate of drug-likeness (QED) is 0.591. The molecule has 1 rings (SSSR count). The van der Waals surface area contributed by atoms with Gasteiger partial charge in [0.25, 0.3) is 0 Å². The number of rotatable bonds is 3. The summed E-state index contributed by atoms with van der Waals surface area (Å²) < 4.78 is 9.92. The van der Waals surface area contributed by atoms with E-state index < -0.39 is 0 Å². The minimum absolute atomic E-state index is 0.117. The zero-order valence-corrected chi connectivity index (χ0v) is 8.04. The molecular weight excluding hydrogens is 186 g/mol. The molecule has 0 amide bonds. The lowest BCUT2D eigenvalue weighted by Gasteiger charge is -2.08. The fraction of sp³-hybridized carbons (Fsp3) is 0.222. The first-order chi connectivity index (χ1) is 6.29. The van der Waals surface area contributed by atoms with Crippen molar-refractivity contribution in [3.8, 4) is 11.8 Å². The Labute approximate surface area is 82.3 Å². The van der Waals surface area contributed by atoms with E-state index in [1.165, 1.54) is 7.11 Å². The van der Waals surface area contributed by atoms with Crippen molar-refractivity contribution in [2.24, 2.45) is 0 Å². The molecule has 0 heterocycles. The topological polar surface area (TPSA) is 42.2 Å². The first kappa shape index (κ1) is 9.90. The summed E-state index contributed by atoms with van der Waals surface area (Å²) in [6.45, 7) is 0.117. The monoisotopic (exact) mass is 195 g/mol. The zero-order valence-electron chi connectivity index (χ0n) is 7.15. The van der Waals surface area contributed by atoms with E-state index in [-0.39, 0.29) is 6.79 Å². The van der Waals surface area contributed by atoms with Gasteiger partial charge in [0, 0.05) is 12.0 Å². The maximum Gasteiger partial charge on any atom is 0.188 e. The molecule has 68 valence electrons. The number of para-hydroxylation sites is 1. The molecule has 0 atom stereocenters. The van der Waals surface area contributed by atoms with Crippen LogP contribution in [-0.2, 0) is 4.74 Å². The molecule has 0 bridgehead atoms. The number of nitriles is 1. The summed E-state index contributed by atoms with van der Waals surface area (Å²) in [6.07, 6.45) is 0. The molecule has 0 spiro atoms. The molecule has 13 heavy (non-hydrogen) atoms. The van der Waals surface area contributed by atoms with E-state index >= 15 is 0 Å². The van der Waals surface area contributed by atoms with Gasteiger partial charge < -0.3 is 9.47 Å². The first-order valence-corrected chi connectivity index (χ1v) is 4.08. The van der Waals surface area contributed by atoms with Gasteiger partial charge in [-0.1, -0.05) is 6.07 Å². The summed E-state index contributed by atoms with van der Waals surface area (Å²) in [5, 5.41) is 8.74. The Morgan fingerprint density at radius 1 is 1.54 bits per heavy atom. The average Bonchev–Trinajstić information content (AvgIpc) is 2.15. The molecule has 4 heteroatoms. The van der Waals surface area contributed by atoms with Crippen molar-refractivity contribution >= 4 is 12.6 Å². The Balaban J connectivity index is 2.95. The fourth-order valence-corrected chi connectivity index (χ4v) is 1.15. The SMILES string of the molecule is COCOc1c(S)cccc1C#N. The van der Waals surface area contributed by atoms with Gasteiger partial charge >= 0.3 is 0 Å². The normalized spacial score (nSPS) is 9.31. The van der Waals surface area contributed by atoms with E-state index in [9.17, 15) is 0 Å². The summed E-state index contributed by atoms with van der Waals surface area (Å²) >= 11 is 4.16. The molecule has 0 radical (unpaired) electrons. The van der Waals surface area contributed by atoms with Crippen LogP contribution in [0.5, 0.6) is 5.75 Å². The fourth-order valence-electron chi connectivity index (χ4n) is 0.882. The number of hydrogen-bond acceptors (Lipinski definition) is 4. The summed E-state index contributed by atoms with van der Waals surface area (Å²) in [6, 6.07) is 7.20. The van der Waals surface area contributed by atoms with Crippen LogP contribution in [0.3, 0.4) is 0 Å². The van der Waals surface area contributed by atoms with Crippen LogP contribution in [0.15, 0.2) is 23.1 Å². The van der Waals surface area contributed by atoms with Crippen molar-refractivity contribution < 1.29 is 9.47 Å². The summed E-state index contributed by atoms with van der Waals surface area (Å²) in [4.78, 5) is 0.635. The third-order valence-corrected chi connectivity index (χ3v) is 1.79. The van der Waals surface area contributed by atoms with Crippen LogP contribution in [0.25, 0.3) is 0 Å². The van der Waals surface area contributed by atoms with Gasteiger partial charge in [0.1, 0.15) is 6.07 Å². The third kappa shape index (κ3) is 2.38. The van der Waals surface area contributed by atoms with Gasteiger partial charge in [0.05, 0.1) is 5.56 Å². The van der Waals surface area contributed by atoms with Crippen molar-refractivity contribution in [2.45, 2.75) is 4.90 Å². The molecule has 1 aromatic carbocycles. The van der Waals surface area contributed by atoms with Crippen molar-refractivity contribution in [2.75, 3.05) is 13.9 Å². The molecule has 1 aromatic rings. The molecule has 0 saturated heterocycles. The van der Waals surface area contributed by atoms with Crippen LogP contribution in [-0.4, -0.2) is 13.9 Å². The molecule has 0 saturated carbocycles. The Morgan fingerprint density at radius 3 is 2.92 bits per heavy atom. The molecule has 0 N–H and O–H groups in total. The first-order valence-electron chi connectivity index (χ1n) is 3.63. The zero-order chi connectivity index (χ0) is 9.68. The van der Waals surface area contributed by atoms with Crippen LogP contribution in [0.4, 0.5) is 0 Å². The van der Waals surface area contributed by atoms with Gasteiger partial charge in [-0.25, -0.2) is 0 Å². The van der Waals surface area contributed by atoms with Crippen molar-refractivity contribution in [3.05, 3.63) is 23.8 Å². The maximum absolute atomic E-state index is 8.74. The molecule has 0 aliphatic carbocycles. The second-order valence-electron chi connectivity index (χ2n) is 2.32. The molecule has 0 unspecified atom stereocenters. The molecule has 3 nitrogen and oxygen atoms in total. The van der Waals surface area contributed by atoms with E-state index in [0.717, 1.165) is 0 Å². The second-order valence-corrected chi connectivity index (χ2v) is 2.80. The van der Waals surface area contributed by atoms with Crippen LogP contribution >= 0.6 is 12.6 Å². The maximum atomic E-state index is 8.74. The third-order valence-electron chi connectivity index (χ3n) is 1.44. The lowest BCUT2D eigenvalue weighted by molar-refractivity contribution is 0.0489. The number of methoxy groups -OCH3 is 1. The highest BCUT2D eigenvalue weighted by atomic mass is 32.1. The number of thiol groups is 1. The van der Waals surface area contributed by atoms with E-state index in [4.69, 9.17) is 14.7 Å². The number of hydrogen-bond donors (Lipinski definition) is 1. The van der Waals surface area contributed by atoms with Crippen molar-refractivity contribution in [1.82, 2.24) is 0 Å². The predicted octanol–water partition coefficient (Wildman–Crippen LogP) is 1.83. The standard InChI is InChI=1S/C9H9NO2S/c1-11-6-12-9-7(5-10)3-2-4-8(9)13/h2-4,13H,6H2,1H3. The molecule has 0 aromatic heterocycles. The van der Waals surface area contributed by atoms with Gasteiger partial charge in [0.2, 0.25) is 0 Å². The van der Waals surface area contributed by atoms with Gasteiger partial charge in [-0.3, -0.25) is 0 Å². The smallest absolute Gasteiger partial charge is 0.188 e. The van der Waals surface area contributed by atoms with E-state index in [0.29, 0.717) is 16.2 Å². The number of benzene rings is 1. The summed E-state index contributed by atoms with van der Waals surface area (Å²) in [7, 11) is 1.52. The Morgan fingerprint density at radius 2 is 2.31 bits per heavy atom. The van der Waals surface area contributed by atoms with Crippen LogP contribution in [0.1, 0.15) is 5.56 Å². The Bertz CT molecular complexity index is 333. The van der Waals surface area contributed by atoms with E-state index in [1.807, 2.05) is 6.07 Å². The molecule has 0 fully saturated rings. The predicted molar refractivity (Wildman–Crippen MR) is 50.9 cm³/mol. The minimum Gasteiger partial charge on any atom is -0.465 e. The highest BCUT2D eigenvalue weighted by Crippen LogP contribution is 2.26. The van der Waals surface area contributed by atoms with Crippen LogP contribution < -0.4 is 4.74 Å². The van der Waals surface area contributed by atoms with Crippen LogP contribution in [0.2, 0.25) is 0 Å².